The van der Waals surface area contributed by atoms with Crippen LogP contribution in [0.2, 0.25) is 0 Å². The molecule has 3 aromatic rings. The van der Waals surface area contributed by atoms with Crippen LogP contribution in [0.5, 0.6) is 0 Å². The predicted molar refractivity (Wildman–Crippen MR) is 94.6 cm³/mol. The van der Waals surface area contributed by atoms with Gasteiger partial charge >= 0.3 is 0 Å². The van der Waals surface area contributed by atoms with Crippen LogP contribution in [0.3, 0.4) is 0 Å². The van der Waals surface area contributed by atoms with Gasteiger partial charge in [-0.3, -0.25) is 9.89 Å². The van der Waals surface area contributed by atoms with Gasteiger partial charge in [-0.1, -0.05) is 6.07 Å². The van der Waals surface area contributed by atoms with E-state index in [-0.39, 0.29) is 6.42 Å². The van der Waals surface area contributed by atoms with E-state index in [4.69, 9.17) is 5.73 Å². The summed E-state index contributed by atoms with van der Waals surface area (Å²) in [5.41, 5.74) is 11.5. The van der Waals surface area contributed by atoms with Crippen LogP contribution in [0.1, 0.15) is 39.7 Å². The Hall–Kier alpha value is -2.96. The third kappa shape index (κ3) is 3.60. The second kappa shape index (κ2) is 6.51. The van der Waals surface area contributed by atoms with Gasteiger partial charge in [0.25, 0.3) is 0 Å². The quantitative estimate of drug-likeness (QED) is 0.741. The molecule has 0 spiro atoms. The van der Waals surface area contributed by atoms with Crippen molar-refractivity contribution in [1.82, 2.24) is 25.0 Å². The fourth-order valence-electron chi connectivity index (χ4n) is 3.01. The van der Waals surface area contributed by atoms with E-state index in [9.17, 15) is 4.79 Å². The molecule has 0 saturated heterocycles. The molecule has 0 fully saturated rings. The number of aromatic amines is 1. The topological polar surface area (TPSA) is 102 Å². The van der Waals surface area contributed by atoms with Gasteiger partial charge in [-0.2, -0.15) is 10.2 Å². The van der Waals surface area contributed by atoms with Gasteiger partial charge < -0.3 is 5.73 Å². The van der Waals surface area contributed by atoms with E-state index in [1.54, 1.807) is 4.68 Å². The summed E-state index contributed by atoms with van der Waals surface area (Å²) >= 11 is 0. The minimum absolute atomic E-state index is 0.0220. The van der Waals surface area contributed by atoms with Crippen LogP contribution < -0.4 is 5.73 Å². The first-order valence-corrected chi connectivity index (χ1v) is 8.15. The Bertz CT molecular complexity index is 897. The maximum atomic E-state index is 11.3. The summed E-state index contributed by atoms with van der Waals surface area (Å²) < 4.78 is 1.80. The van der Waals surface area contributed by atoms with Gasteiger partial charge in [0.05, 0.1) is 17.8 Å². The third-order valence-corrected chi connectivity index (χ3v) is 4.12. The molecule has 0 saturated carbocycles. The number of aryl methyl sites for hydroxylation is 4. The Morgan fingerprint density at radius 3 is 2.40 bits per heavy atom. The summed E-state index contributed by atoms with van der Waals surface area (Å²) in [7, 11) is 0. The summed E-state index contributed by atoms with van der Waals surface area (Å²) in [4.78, 5) is 15.8. The summed E-state index contributed by atoms with van der Waals surface area (Å²) in [6, 6.07) is 6.21. The molecule has 0 aliphatic rings. The highest BCUT2D eigenvalue weighted by Crippen LogP contribution is 2.19. The number of hydrogen-bond acceptors (Lipinski definition) is 4. The molecule has 1 aromatic carbocycles. The van der Waals surface area contributed by atoms with E-state index in [0.29, 0.717) is 12.2 Å². The number of rotatable bonds is 5. The molecule has 0 radical (unpaired) electrons. The highest BCUT2D eigenvalue weighted by molar-refractivity contribution is 5.75. The van der Waals surface area contributed by atoms with Gasteiger partial charge in [0.15, 0.2) is 5.82 Å². The normalized spacial score (nSPS) is 11.0. The van der Waals surface area contributed by atoms with Crippen molar-refractivity contribution in [1.29, 1.82) is 0 Å². The number of nitrogens with zero attached hydrogens (tertiary/aromatic N) is 4. The zero-order valence-electron chi connectivity index (χ0n) is 14.9. The van der Waals surface area contributed by atoms with Crippen LogP contribution in [0.15, 0.2) is 18.2 Å². The van der Waals surface area contributed by atoms with Gasteiger partial charge in [-0.05, 0) is 51.0 Å². The van der Waals surface area contributed by atoms with E-state index in [1.807, 2.05) is 39.8 Å². The number of hydrogen-bond donors (Lipinski definition) is 2. The molecule has 1 amide bonds. The molecule has 0 unspecified atom stereocenters. The van der Waals surface area contributed by atoms with Crippen molar-refractivity contribution < 1.29 is 4.79 Å². The Labute approximate surface area is 146 Å². The van der Waals surface area contributed by atoms with Crippen LogP contribution in [0, 0.1) is 27.7 Å². The van der Waals surface area contributed by atoms with Gasteiger partial charge in [0.2, 0.25) is 5.91 Å². The maximum Gasteiger partial charge on any atom is 0.225 e. The van der Waals surface area contributed by atoms with E-state index in [1.165, 1.54) is 0 Å². The first-order valence-electron chi connectivity index (χ1n) is 8.15. The van der Waals surface area contributed by atoms with E-state index < -0.39 is 5.91 Å². The number of nitrogens with two attached hydrogens (primary N) is 1. The maximum absolute atomic E-state index is 11.3. The monoisotopic (exact) mass is 338 g/mol. The Kier molecular flexibility index (Phi) is 4.39. The molecule has 7 heteroatoms. The summed E-state index contributed by atoms with van der Waals surface area (Å²) in [6.45, 7) is 8.03. The van der Waals surface area contributed by atoms with Crippen LogP contribution in [-0.4, -0.2) is 30.9 Å². The Morgan fingerprint density at radius 2 is 1.84 bits per heavy atom. The number of carbonyl (C=O) groups excluding carboxylic acids is 1. The lowest BCUT2D eigenvalue weighted by atomic mass is 10.1. The number of aromatic nitrogens is 5. The molecule has 3 N–H and O–H groups in total. The zero-order valence-corrected chi connectivity index (χ0v) is 14.9. The van der Waals surface area contributed by atoms with Crippen molar-refractivity contribution >= 4 is 5.91 Å². The molecular formula is C18H22N6O. The summed E-state index contributed by atoms with van der Waals surface area (Å²) in [5.74, 6) is 0.745. The van der Waals surface area contributed by atoms with E-state index in [2.05, 4.69) is 26.3 Å². The van der Waals surface area contributed by atoms with Crippen LogP contribution in [-0.2, 0) is 17.6 Å². The summed E-state index contributed by atoms with van der Waals surface area (Å²) in [6.07, 6.45) is 0.598. The minimum atomic E-state index is -0.445. The third-order valence-electron chi connectivity index (χ3n) is 4.12. The predicted octanol–water partition coefficient (Wildman–Crippen LogP) is 1.84. The largest absolute Gasteiger partial charge is 0.369 e. The van der Waals surface area contributed by atoms with Gasteiger partial charge in [0, 0.05) is 17.7 Å². The Morgan fingerprint density at radius 1 is 1.16 bits per heavy atom. The number of primary amides is 1. The van der Waals surface area contributed by atoms with Crippen molar-refractivity contribution in [3.8, 4) is 5.69 Å². The highest BCUT2D eigenvalue weighted by Gasteiger charge is 2.17. The van der Waals surface area contributed by atoms with E-state index >= 15 is 0 Å². The molecule has 0 aliphatic carbocycles. The lowest BCUT2D eigenvalue weighted by molar-refractivity contribution is -0.117. The van der Waals surface area contributed by atoms with Gasteiger partial charge in [0.1, 0.15) is 5.82 Å². The van der Waals surface area contributed by atoms with Crippen molar-refractivity contribution in [2.45, 2.75) is 40.5 Å². The number of H-pyrrole nitrogens is 1. The fraction of sp³-hybridized carbons (Fsp3) is 0.333. The first-order chi connectivity index (χ1) is 11.8. The van der Waals surface area contributed by atoms with Crippen LogP contribution >= 0.6 is 0 Å². The molecule has 0 aliphatic heterocycles. The molecular weight excluding hydrogens is 316 g/mol. The molecule has 130 valence electrons. The smallest absolute Gasteiger partial charge is 0.225 e. The molecule has 0 bridgehead atoms. The van der Waals surface area contributed by atoms with Crippen molar-refractivity contribution in [3.63, 3.8) is 0 Å². The average molecular weight is 338 g/mol. The van der Waals surface area contributed by atoms with Gasteiger partial charge in [-0.15, -0.1) is 0 Å². The van der Waals surface area contributed by atoms with Crippen molar-refractivity contribution in [2.75, 3.05) is 0 Å². The van der Waals surface area contributed by atoms with Crippen LogP contribution in [0.4, 0.5) is 0 Å². The minimum Gasteiger partial charge on any atom is -0.369 e. The SMILES string of the molecule is Cc1cc(C)cc(-n2nc(CC(N)=O)nc2Cc2c(C)n[nH]c2C)c1. The van der Waals surface area contributed by atoms with Crippen molar-refractivity contribution in [2.24, 2.45) is 5.73 Å². The first kappa shape index (κ1) is 16.9. The zero-order chi connectivity index (χ0) is 18.1. The molecule has 7 nitrogen and oxygen atoms in total. The second-order valence-electron chi connectivity index (χ2n) is 6.43. The second-order valence-corrected chi connectivity index (χ2v) is 6.43. The molecule has 0 atom stereocenters. The standard InChI is InChI=1S/C18H22N6O/c1-10-5-11(2)7-14(6-10)24-18(20-17(23-24)9-16(19)25)8-15-12(3)21-22-13(15)4/h5-7H,8-9H2,1-4H3,(H2,19,25)(H,21,22). The lowest BCUT2D eigenvalue weighted by Crippen LogP contribution is -2.14. The average Bonchev–Trinajstić information content (AvgIpc) is 3.04. The highest BCUT2D eigenvalue weighted by atomic mass is 16.1. The van der Waals surface area contributed by atoms with Crippen LogP contribution in [0.25, 0.3) is 5.69 Å². The lowest BCUT2D eigenvalue weighted by Gasteiger charge is -2.08. The van der Waals surface area contributed by atoms with Gasteiger partial charge in [-0.25, -0.2) is 9.67 Å². The van der Waals surface area contributed by atoms with E-state index in [0.717, 1.165) is 39.6 Å². The molecule has 25 heavy (non-hydrogen) atoms. The van der Waals surface area contributed by atoms with Crippen molar-refractivity contribution in [3.05, 3.63) is 57.9 Å². The number of benzene rings is 1. The number of carbonyl (C=O) groups is 1. The molecule has 2 heterocycles. The Balaban J connectivity index is 2.09. The molecule has 2 aromatic heterocycles. The number of nitrogens with one attached hydrogen (secondary N) is 1. The fourth-order valence-corrected chi connectivity index (χ4v) is 3.01. The summed E-state index contributed by atoms with van der Waals surface area (Å²) in [5, 5.41) is 11.8. The number of amides is 1. The molecule has 3 rings (SSSR count).